The van der Waals surface area contributed by atoms with Gasteiger partial charge in [-0.2, -0.15) is 0 Å². The molecule has 0 spiro atoms. The number of rotatable bonds is 3. The molecule has 0 radical (unpaired) electrons. The van der Waals surface area contributed by atoms with E-state index in [1.54, 1.807) is 6.92 Å². The minimum absolute atomic E-state index is 0.370. The molecule has 2 rings (SSSR count). The molecule has 0 heterocycles. The van der Waals surface area contributed by atoms with E-state index in [1.165, 1.54) is 31.4 Å². The van der Waals surface area contributed by atoms with E-state index >= 15 is 0 Å². The van der Waals surface area contributed by atoms with E-state index in [1.807, 2.05) is 12.1 Å². The van der Waals surface area contributed by atoms with Crippen molar-refractivity contribution in [2.45, 2.75) is 44.8 Å². The third-order valence-electron chi connectivity index (χ3n) is 3.66. The third kappa shape index (κ3) is 2.38. The lowest BCUT2D eigenvalue weighted by Crippen LogP contribution is -2.28. The highest BCUT2D eigenvalue weighted by Crippen LogP contribution is 2.27. The topological polar surface area (TPSA) is 23.5 Å². The molecule has 1 saturated carbocycles. The van der Waals surface area contributed by atoms with Crippen LogP contribution in [0, 0.1) is 0 Å². The smallest absolute Gasteiger partial charge is 0.0761 e. The van der Waals surface area contributed by atoms with Gasteiger partial charge < -0.3 is 10.0 Å². The molecule has 0 aromatic heterocycles. The van der Waals surface area contributed by atoms with Gasteiger partial charge in [0.1, 0.15) is 0 Å². The number of benzene rings is 1. The number of hydrogen-bond donors (Lipinski definition) is 1. The van der Waals surface area contributed by atoms with Crippen molar-refractivity contribution in [1.82, 2.24) is 0 Å². The van der Waals surface area contributed by atoms with Crippen LogP contribution in [0.2, 0.25) is 0 Å². The first-order valence-electron chi connectivity index (χ1n) is 6.19. The predicted molar refractivity (Wildman–Crippen MR) is 67.7 cm³/mol. The summed E-state index contributed by atoms with van der Waals surface area (Å²) in [4.78, 5) is 2.37. The van der Waals surface area contributed by atoms with E-state index in [2.05, 4.69) is 24.1 Å². The number of aliphatic hydroxyl groups excluding tert-OH is 1. The average Bonchev–Trinajstić information content (AvgIpc) is 2.81. The summed E-state index contributed by atoms with van der Waals surface area (Å²) in [5, 5.41) is 9.45. The maximum atomic E-state index is 9.45. The zero-order chi connectivity index (χ0) is 11.5. The highest BCUT2D eigenvalue weighted by atomic mass is 16.3. The van der Waals surface area contributed by atoms with Crippen LogP contribution in [0.3, 0.4) is 0 Å². The van der Waals surface area contributed by atoms with Gasteiger partial charge in [0, 0.05) is 18.8 Å². The van der Waals surface area contributed by atoms with Crippen LogP contribution < -0.4 is 4.90 Å². The lowest BCUT2D eigenvalue weighted by atomic mass is 10.1. The highest BCUT2D eigenvalue weighted by Gasteiger charge is 2.19. The molecule has 1 aliphatic carbocycles. The summed E-state index contributed by atoms with van der Waals surface area (Å²) in [7, 11) is 2.17. The van der Waals surface area contributed by atoms with Crippen molar-refractivity contribution in [2.24, 2.45) is 0 Å². The summed E-state index contributed by atoms with van der Waals surface area (Å²) < 4.78 is 0. The lowest BCUT2D eigenvalue weighted by Gasteiger charge is -2.26. The molecule has 1 aromatic rings. The number of hydrogen-bond acceptors (Lipinski definition) is 2. The second kappa shape index (κ2) is 4.88. The van der Waals surface area contributed by atoms with E-state index in [4.69, 9.17) is 0 Å². The second-order valence-corrected chi connectivity index (χ2v) is 4.82. The number of nitrogens with zero attached hydrogens (tertiary/aromatic N) is 1. The molecule has 1 aromatic carbocycles. The van der Waals surface area contributed by atoms with Gasteiger partial charge in [-0.3, -0.25) is 0 Å². The molecule has 0 amide bonds. The first kappa shape index (κ1) is 11.5. The molecule has 0 unspecified atom stereocenters. The third-order valence-corrected chi connectivity index (χ3v) is 3.66. The van der Waals surface area contributed by atoms with Crippen molar-refractivity contribution in [3.05, 3.63) is 29.8 Å². The van der Waals surface area contributed by atoms with E-state index in [0.29, 0.717) is 6.04 Å². The molecule has 1 N–H and O–H groups in total. The largest absolute Gasteiger partial charge is 0.389 e. The fourth-order valence-corrected chi connectivity index (χ4v) is 2.49. The van der Waals surface area contributed by atoms with Gasteiger partial charge in [-0.15, -0.1) is 0 Å². The Labute approximate surface area is 97.9 Å². The molecule has 1 fully saturated rings. The van der Waals surface area contributed by atoms with Gasteiger partial charge in [0.15, 0.2) is 0 Å². The van der Waals surface area contributed by atoms with Crippen molar-refractivity contribution in [2.75, 3.05) is 11.9 Å². The van der Waals surface area contributed by atoms with Crippen molar-refractivity contribution in [3.63, 3.8) is 0 Å². The molecule has 0 bridgehead atoms. The molecule has 1 atom stereocenters. The van der Waals surface area contributed by atoms with E-state index in [-0.39, 0.29) is 6.10 Å². The maximum Gasteiger partial charge on any atom is 0.0761 e. The molecular weight excluding hydrogens is 198 g/mol. The van der Waals surface area contributed by atoms with Gasteiger partial charge in [-0.05, 0) is 37.5 Å². The monoisotopic (exact) mass is 219 g/mol. The van der Waals surface area contributed by atoms with Crippen LogP contribution >= 0.6 is 0 Å². The van der Waals surface area contributed by atoms with Crippen molar-refractivity contribution >= 4 is 5.69 Å². The molecule has 16 heavy (non-hydrogen) atoms. The van der Waals surface area contributed by atoms with Gasteiger partial charge in [0.2, 0.25) is 0 Å². The van der Waals surface area contributed by atoms with Crippen LogP contribution in [0.25, 0.3) is 0 Å². The summed E-state index contributed by atoms with van der Waals surface area (Å²) >= 11 is 0. The summed E-state index contributed by atoms with van der Waals surface area (Å²) in [5.41, 5.74) is 2.25. The summed E-state index contributed by atoms with van der Waals surface area (Å²) in [6, 6.07) is 8.97. The summed E-state index contributed by atoms with van der Waals surface area (Å²) in [6.45, 7) is 1.80. The van der Waals surface area contributed by atoms with E-state index in [9.17, 15) is 5.11 Å². The van der Waals surface area contributed by atoms with Crippen LogP contribution in [-0.4, -0.2) is 18.2 Å². The Hall–Kier alpha value is -1.02. The standard InChI is InChI=1S/C14H21NO/c1-11(16)12-7-9-14(10-8-12)15(2)13-5-3-4-6-13/h7-11,13,16H,3-6H2,1-2H3/t11-/m1/s1. The average molecular weight is 219 g/mol. The Bertz CT molecular complexity index is 325. The molecular formula is C14H21NO. The molecule has 0 saturated heterocycles. The summed E-state index contributed by atoms with van der Waals surface area (Å²) in [6.07, 6.45) is 4.98. The molecule has 1 aliphatic rings. The maximum absolute atomic E-state index is 9.45. The van der Waals surface area contributed by atoms with Crippen molar-refractivity contribution in [1.29, 1.82) is 0 Å². The minimum Gasteiger partial charge on any atom is -0.389 e. The van der Waals surface area contributed by atoms with Crippen LogP contribution in [0.4, 0.5) is 5.69 Å². The van der Waals surface area contributed by atoms with Gasteiger partial charge in [0.05, 0.1) is 6.10 Å². The fourth-order valence-electron chi connectivity index (χ4n) is 2.49. The zero-order valence-electron chi connectivity index (χ0n) is 10.2. The number of anilines is 1. The minimum atomic E-state index is -0.370. The lowest BCUT2D eigenvalue weighted by molar-refractivity contribution is 0.199. The first-order valence-corrected chi connectivity index (χ1v) is 6.19. The predicted octanol–water partition coefficient (Wildman–Crippen LogP) is 3.12. The second-order valence-electron chi connectivity index (χ2n) is 4.82. The Morgan fingerprint density at radius 3 is 2.25 bits per heavy atom. The Kier molecular flexibility index (Phi) is 3.49. The van der Waals surface area contributed by atoms with Gasteiger partial charge in [0.25, 0.3) is 0 Å². The van der Waals surface area contributed by atoms with Crippen molar-refractivity contribution in [3.8, 4) is 0 Å². The number of aliphatic hydroxyl groups is 1. The molecule has 2 nitrogen and oxygen atoms in total. The molecule has 2 heteroatoms. The van der Waals surface area contributed by atoms with Gasteiger partial charge >= 0.3 is 0 Å². The quantitative estimate of drug-likeness (QED) is 0.844. The van der Waals surface area contributed by atoms with Crippen LogP contribution in [-0.2, 0) is 0 Å². The zero-order valence-corrected chi connectivity index (χ0v) is 10.2. The first-order chi connectivity index (χ1) is 7.68. The van der Waals surface area contributed by atoms with Gasteiger partial charge in [-0.25, -0.2) is 0 Å². The van der Waals surface area contributed by atoms with Crippen LogP contribution in [0.1, 0.15) is 44.3 Å². The summed E-state index contributed by atoms with van der Waals surface area (Å²) in [5.74, 6) is 0. The Balaban J connectivity index is 2.08. The Morgan fingerprint density at radius 2 is 1.75 bits per heavy atom. The highest BCUT2D eigenvalue weighted by molar-refractivity contribution is 5.48. The Morgan fingerprint density at radius 1 is 1.19 bits per heavy atom. The van der Waals surface area contributed by atoms with Crippen molar-refractivity contribution < 1.29 is 5.11 Å². The molecule has 88 valence electrons. The fraction of sp³-hybridized carbons (Fsp3) is 0.571. The van der Waals surface area contributed by atoms with Gasteiger partial charge in [-0.1, -0.05) is 25.0 Å². The molecule has 0 aliphatic heterocycles. The van der Waals surface area contributed by atoms with Crippen LogP contribution in [0.5, 0.6) is 0 Å². The van der Waals surface area contributed by atoms with E-state index < -0.39 is 0 Å². The normalized spacial score (nSPS) is 18.7. The van der Waals surface area contributed by atoms with Crippen LogP contribution in [0.15, 0.2) is 24.3 Å². The van der Waals surface area contributed by atoms with E-state index in [0.717, 1.165) is 5.56 Å². The SMILES string of the molecule is C[C@@H](O)c1ccc(N(C)C2CCCC2)cc1.